The number of carbonyl (C=O) groups excluding carboxylic acids is 1. The van der Waals surface area contributed by atoms with Crippen LogP contribution in [0.25, 0.3) is 11.0 Å². The van der Waals surface area contributed by atoms with E-state index >= 15 is 0 Å². The number of rotatable bonds is 2. The van der Waals surface area contributed by atoms with Crippen LogP contribution in [0.4, 0.5) is 0 Å². The summed E-state index contributed by atoms with van der Waals surface area (Å²) >= 11 is 0. The molecule has 1 amide bonds. The maximum Gasteiger partial charge on any atom is 0.225 e. The van der Waals surface area contributed by atoms with Crippen LogP contribution in [0.15, 0.2) is 24.5 Å². The van der Waals surface area contributed by atoms with Crippen LogP contribution in [0.5, 0.6) is 0 Å². The predicted octanol–water partition coefficient (Wildman–Crippen LogP) is 2.70. The van der Waals surface area contributed by atoms with Crippen molar-refractivity contribution >= 4 is 16.9 Å². The summed E-state index contributed by atoms with van der Waals surface area (Å²) in [5, 5.41) is 0. The summed E-state index contributed by atoms with van der Waals surface area (Å²) in [6.45, 7) is 3.18. The number of nitrogens with one attached hydrogen (secondary N) is 1. The highest BCUT2D eigenvalue weighted by atomic mass is 16.5. The third-order valence-corrected chi connectivity index (χ3v) is 5.28. The number of pyridine rings is 1. The van der Waals surface area contributed by atoms with Gasteiger partial charge in [0.15, 0.2) is 0 Å². The summed E-state index contributed by atoms with van der Waals surface area (Å²) in [6, 6.07) is 4.02. The molecule has 4 rings (SSSR count). The largest absolute Gasteiger partial charge is 0.381 e. The quantitative estimate of drug-likeness (QED) is 0.927. The van der Waals surface area contributed by atoms with E-state index in [1.165, 1.54) is 5.56 Å². The van der Waals surface area contributed by atoms with Gasteiger partial charge >= 0.3 is 0 Å². The smallest absolute Gasteiger partial charge is 0.225 e. The second-order valence-corrected chi connectivity index (χ2v) is 6.63. The normalized spacial score (nSPS) is 21.0. The second-order valence-electron chi connectivity index (χ2n) is 6.63. The standard InChI is InChI=1S/C18H23N3O2/c22-18(14-5-10-23-11-6-14)21-8-3-13(4-9-21)15-12-20-16-2-1-7-19-17(15)16/h1-2,7,12-14,20H,3-6,8-11H2. The number of fused-ring (bicyclic) bond motifs is 1. The monoisotopic (exact) mass is 313 g/mol. The van der Waals surface area contributed by atoms with E-state index in [2.05, 4.69) is 27.1 Å². The molecule has 2 aliphatic heterocycles. The van der Waals surface area contributed by atoms with Crippen LogP contribution in [0, 0.1) is 5.92 Å². The minimum Gasteiger partial charge on any atom is -0.381 e. The number of carbonyl (C=O) groups is 1. The molecular weight excluding hydrogens is 290 g/mol. The third kappa shape index (κ3) is 2.85. The van der Waals surface area contributed by atoms with E-state index in [1.807, 2.05) is 12.3 Å². The summed E-state index contributed by atoms with van der Waals surface area (Å²) < 4.78 is 5.36. The fourth-order valence-electron chi connectivity index (χ4n) is 3.90. The summed E-state index contributed by atoms with van der Waals surface area (Å²) in [5.41, 5.74) is 3.49. The lowest BCUT2D eigenvalue weighted by Gasteiger charge is -2.35. The van der Waals surface area contributed by atoms with E-state index < -0.39 is 0 Å². The van der Waals surface area contributed by atoms with Crippen LogP contribution in [0.3, 0.4) is 0 Å². The van der Waals surface area contributed by atoms with Gasteiger partial charge in [-0.3, -0.25) is 9.78 Å². The fourth-order valence-corrected chi connectivity index (χ4v) is 3.90. The average Bonchev–Trinajstić information content (AvgIpc) is 3.06. The first-order valence-electron chi connectivity index (χ1n) is 8.61. The van der Waals surface area contributed by atoms with E-state index in [4.69, 9.17) is 4.74 Å². The van der Waals surface area contributed by atoms with Crippen LogP contribution < -0.4 is 0 Å². The Kier molecular flexibility index (Phi) is 4.04. The molecule has 2 aromatic rings. The van der Waals surface area contributed by atoms with Gasteiger partial charge in [0.1, 0.15) is 0 Å². The van der Waals surface area contributed by atoms with Crippen molar-refractivity contribution in [1.82, 2.24) is 14.9 Å². The van der Waals surface area contributed by atoms with Gasteiger partial charge in [0.05, 0.1) is 11.0 Å². The Bertz CT molecular complexity index is 682. The molecule has 0 radical (unpaired) electrons. The molecule has 0 saturated carbocycles. The Hall–Kier alpha value is -1.88. The predicted molar refractivity (Wildman–Crippen MR) is 88.2 cm³/mol. The van der Waals surface area contributed by atoms with Gasteiger partial charge in [-0.05, 0) is 49.3 Å². The lowest BCUT2D eigenvalue weighted by molar-refractivity contribution is -0.139. The topological polar surface area (TPSA) is 58.2 Å². The van der Waals surface area contributed by atoms with Crippen LogP contribution in [0.1, 0.15) is 37.2 Å². The Morgan fingerprint density at radius 3 is 2.78 bits per heavy atom. The van der Waals surface area contributed by atoms with Crippen molar-refractivity contribution < 1.29 is 9.53 Å². The van der Waals surface area contributed by atoms with Crippen molar-refractivity contribution in [3.05, 3.63) is 30.1 Å². The molecule has 2 aliphatic rings. The minimum absolute atomic E-state index is 0.176. The van der Waals surface area contributed by atoms with Crippen molar-refractivity contribution in [3.8, 4) is 0 Å². The average molecular weight is 313 g/mol. The lowest BCUT2D eigenvalue weighted by atomic mass is 9.89. The number of hydrogen-bond acceptors (Lipinski definition) is 3. The molecular formula is C18H23N3O2. The number of piperidine rings is 1. The first-order chi connectivity index (χ1) is 11.3. The molecule has 4 heterocycles. The number of H-pyrrole nitrogens is 1. The Balaban J connectivity index is 1.41. The number of hydrogen-bond donors (Lipinski definition) is 1. The van der Waals surface area contributed by atoms with Crippen molar-refractivity contribution in [3.63, 3.8) is 0 Å². The lowest BCUT2D eigenvalue weighted by Crippen LogP contribution is -2.42. The van der Waals surface area contributed by atoms with Gasteiger partial charge in [0, 0.05) is 44.6 Å². The SMILES string of the molecule is O=C(C1CCOCC1)N1CCC(c2c[nH]c3cccnc23)CC1. The number of amides is 1. The Labute approximate surface area is 136 Å². The van der Waals surface area contributed by atoms with E-state index in [0.29, 0.717) is 11.8 Å². The molecule has 5 nitrogen and oxygen atoms in total. The van der Waals surface area contributed by atoms with Crippen molar-refractivity contribution in [1.29, 1.82) is 0 Å². The maximum atomic E-state index is 12.6. The van der Waals surface area contributed by atoms with Crippen LogP contribution in [-0.4, -0.2) is 47.1 Å². The van der Waals surface area contributed by atoms with Gasteiger partial charge in [-0.15, -0.1) is 0 Å². The molecule has 0 unspecified atom stereocenters. The Morgan fingerprint density at radius 2 is 2.00 bits per heavy atom. The zero-order valence-corrected chi connectivity index (χ0v) is 13.3. The number of likely N-dealkylation sites (tertiary alicyclic amines) is 1. The van der Waals surface area contributed by atoms with Crippen molar-refractivity contribution in [2.45, 2.75) is 31.6 Å². The van der Waals surface area contributed by atoms with E-state index in [9.17, 15) is 4.79 Å². The van der Waals surface area contributed by atoms with E-state index in [-0.39, 0.29) is 5.92 Å². The summed E-state index contributed by atoms with van der Waals surface area (Å²) in [7, 11) is 0. The molecule has 5 heteroatoms. The van der Waals surface area contributed by atoms with Gasteiger partial charge < -0.3 is 14.6 Å². The highest BCUT2D eigenvalue weighted by Crippen LogP contribution is 2.33. The molecule has 122 valence electrons. The first kappa shape index (κ1) is 14.7. The van der Waals surface area contributed by atoms with Gasteiger partial charge in [0.2, 0.25) is 5.91 Å². The van der Waals surface area contributed by atoms with E-state index in [0.717, 1.165) is 63.0 Å². The first-order valence-corrected chi connectivity index (χ1v) is 8.61. The van der Waals surface area contributed by atoms with Crippen molar-refractivity contribution in [2.75, 3.05) is 26.3 Å². The molecule has 0 bridgehead atoms. The summed E-state index contributed by atoms with van der Waals surface area (Å²) in [5.74, 6) is 1.01. The fraction of sp³-hybridized carbons (Fsp3) is 0.556. The molecule has 1 N–H and O–H groups in total. The molecule has 0 aromatic carbocycles. The van der Waals surface area contributed by atoms with Gasteiger partial charge in [-0.1, -0.05) is 0 Å². The summed E-state index contributed by atoms with van der Waals surface area (Å²) in [4.78, 5) is 22.5. The molecule has 0 aliphatic carbocycles. The number of aromatic amines is 1. The number of ether oxygens (including phenoxy) is 1. The number of aromatic nitrogens is 2. The third-order valence-electron chi connectivity index (χ3n) is 5.28. The van der Waals surface area contributed by atoms with Crippen LogP contribution >= 0.6 is 0 Å². The zero-order chi connectivity index (χ0) is 15.6. The Morgan fingerprint density at radius 1 is 1.22 bits per heavy atom. The molecule has 2 fully saturated rings. The zero-order valence-electron chi connectivity index (χ0n) is 13.3. The highest BCUT2D eigenvalue weighted by Gasteiger charge is 2.30. The van der Waals surface area contributed by atoms with Crippen LogP contribution in [-0.2, 0) is 9.53 Å². The minimum atomic E-state index is 0.176. The molecule has 23 heavy (non-hydrogen) atoms. The van der Waals surface area contributed by atoms with Gasteiger partial charge in [-0.2, -0.15) is 0 Å². The molecule has 0 atom stereocenters. The maximum absolute atomic E-state index is 12.6. The summed E-state index contributed by atoms with van der Waals surface area (Å²) in [6.07, 6.45) is 7.76. The number of nitrogens with zero attached hydrogens (tertiary/aromatic N) is 2. The second kappa shape index (κ2) is 6.32. The van der Waals surface area contributed by atoms with Crippen LogP contribution in [0.2, 0.25) is 0 Å². The highest BCUT2D eigenvalue weighted by molar-refractivity contribution is 5.80. The van der Waals surface area contributed by atoms with Crippen molar-refractivity contribution in [2.24, 2.45) is 5.92 Å². The molecule has 2 saturated heterocycles. The molecule has 2 aromatic heterocycles. The van der Waals surface area contributed by atoms with Gasteiger partial charge in [0.25, 0.3) is 0 Å². The van der Waals surface area contributed by atoms with Gasteiger partial charge in [-0.25, -0.2) is 0 Å². The van der Waals surface area contributed by atoms with E-state index in [1.54, 1.807) is 0 Å². The molecule has 0 spiro atoms.